The van der Waals surface area contributed by atoms with Crippen LogP contribution in [0.1, 0.15) is 22.3 Å². The van der Waals surface area contributed by atoms with Crippen molar-refractivity contribution in [3.05, 3.63) is 64.7 Å². The van der Waals surface area contributed by atoms with Gasteiger partial charge in [-0.3, -0.25) is 0 Å². The van der Waals surface area contributed by atoms with Gasteiger partial charge in [-0.15, -0.1) is 0 Å². The van der Waals surface area contributed by atoms with Crippen molar-refractivity contribution in [2.45, 2.75) is 20.0 Å². The minimum Gasteiger partial charge on any atom is -0.389 e. The number of nitrogens with two attached hydrogens (primary N) is 1. The van der Waals surface area contributed by atoms with E-state index in [1.807, 2.05) is 12.1 Å². The van der Waals surface area contributed by atoms with Crippen molar-refractivity contribution in [3.63, 3.8) is 0 Å². The van der Waals surface area contributed by atoms with E-state index >= 15 is 0 Å². The molecule has 1 heterocycles. The summed E-state index contributed by atoms with van der Waals surface area (Å²) in [5.74, 6) is 0. The van der Waals surface area contributed by atoms with E-state index < -0.39 is 0 Å². The Hall–Kier alpha value is -1.87. The third kappa shape index (κ3) is 2.10. The lowest BCUT2D eigenvalue weighted by atomic mass is 10.1. The summed E-state index contributed by atoms with van der Waals surface area (Å²) in [4.78, 5) is 2.82. The van der Waals surface area contributed by atoms with E-state index in [9.17, 15) is 0 Å². The normalized spacial score (nSPS) is 13.4. The lowest BCUT2D eigenvalue weighted by Crippen LogP contribution is -2.21. The number of hydrogen-bond donors (Lipinski definition) is 1. The van der Waals surface area contributed by atoms with Crippen LogP contribution in [-0.4, -0.2) is 4.99 Å². The van der Waals surface area contributed by atoms with E-state index in [0.29, 0.717) is 4.99 Å². The van der Waals surface area contributed by atoms with E-state index in [2.05, 4.69) is 42.2 Å². The number of fused-ring (bicyclic) bond motifs is 1. The summed E-state index contributed by atoms with van der Waals surface area (Å²) in [6.07, 6.45) is 0. The second-order valence-corrected chi connectivity index (χ2v) is 5.40. The second kappa shape index (κ2) is 4.67. The number of rotatable bonds is 2. The van der Waals surface area contributed by atoms with Crippen molar-refractivity contribution >= 4 is 22.9 Å². The quantitative estimate of drug-likeness (QED) is 0.848. The molecule has 0 amide bonds. The molecule has 0 saturated carbocycles. The minimum absolute atomic E-state index is 0.467. The van der Waals surface area contributed by atoms with E-state index in [1.54, 1.807) is 0 Å². The smallest absolute Gasteiger partial charge is 0.106 e. The van der Waals surface area contributed by atoms with Crippen LogP contribution in [0.25, 0.3) is 0 Å². The maximum absolute atomic E-state index is 5.86. The molecular formula is C16H16N2S. The highest BCUT2D eigenvalue weighted by atomic mass is 32.1. The third-order valence-electron chi connectivity index (χ3n) is 3.66. The highest BCUT2D eigenvalue weighted by Crippen LogP contribution is 2.33. The molecule has 0 atom stereocenters. The molecule has 3 rings (SSSR count). The van der Waals surface area contributed by atoms with Crippen LogP contribution in [0.5, 0.6) is 0 Å². The van der Waals surface area contributed by atoms with Crippen LogP contribution in [0, 0.1) is 6.92 Å². The van der Waals surface area contributed by atoms with Gasteiger partial charge in [-0.05, 0) is 29.7 Å². The van der Waals surface area contributed by atoms with Gasteiger partial charge in [-0.2, -0.15) is 0 Å². The molecule has 2 nitrogen and oxygen atoms in total. The van der Waals surface area contributed by atoms with Crippen molar-refractivity contribution < 1.29 is 0 Å². The summed E-state index contributed by atoms with van der Waals surface area (Å²) >= 11 is 5.18. The molecule has 1 aliphatic rings. The Bertz CT molecular complexity index is 624. The average molecular weight is 268 g/mol. The zero-order chi connectivity index (χ0) is 13.4. The van der Waals surface area contributed by atoms with Gasteiger partial charge in [0.25, 0.3) is 0 Å². The first-order chi connectivity index (χ1) is 9.16. The van der Waals surface area contributed by atoms with Crippen LogP contribution in [0.2, 0.25) is 0 Å². The predicted octanol–water partition coefficient (Wildman–Crippen LogP) is 3.15. The van der Waals surface area contributed by atoms with Gasteiger partial charge in [0.1, 0.15) is 4.99 Å². The van der Waals surface area contributed by atoms with Crippen molar-refractivity contribution in [3.8, 4) is 0 Å². The molecule has 1 aliphatic heterocycles. The van der Waals surface area contributed by atoms with Gasteiger partial charge >= 0.3 is 0 Å². The molecule has 0 fully saturated rings. The summed E-state index contributed by atoms with van der Waals surface area (Å²) in [5, 5.41) is 0. The monoisotopic (exact) mass is 268 g/mol. The average Bonchev–Trinajstić information content (AvgIpc) is 2.81. The molecule has 0 unspecified atom stereocenters. The second-order valence-electron chi connectivity index (χ2n) is 4.96. The van der Waals surface area contributed by atoms with E-state index in [1.165, 1.54) is 22.4 Å². The summed E-state index contributed by atoms with van der Waals surface area (Å²) in [7, 11) is 0. The lowest BCUT2D eigenvalue weighted by molar-refractivity contribution is 0.874. The van der Waals surface area contributed by atoms with Crippen molar-refractivity contribution in [2.24, 2.45) is 5.73 Å². The maximum atomic E-state index is 5.86. The van der Waals surface area contributed by atoms with Crippen LogP contribution in [0.3, 0.4) is 0 Å². The molecule has 2 N–H and O–H groups in total. The molecule has 96 valence electrons. The molecule has 0 aliphatic carbocycles. The minimum atomic E-state index is 0.467. The summed E-state index contributed by atoms with van der Waals surface area (Å²) < 4.78 is 0. The molecule has 0 aromatic heterocycles. The Morgan fingerprint density at radius 2 is 1.68 bits per heavy atom. The fourth-order valence-corrected chi connectivity index (χ4v) is 2.93. The number of anilines is 1. The zero-order valence-electron chi connectivity index (χ0n) is 10.9. The molecule has 0 saturated heterocycles. The maximum Gasteiger partial charge on any atom is 0.106 e. The summed E-state index contributed by atoms with van der Waals surface area (Å²) in [6, 6.07) is 14.7. The lowest BCUT2D eigenvalue weighted by Gasteiger charge is -2.23. The molecule has 3 heteroatoms. The molecule has 2 aromatic rings. The van der Waals surface area contributed by atoms with Gasteiger partial charge in [0.05, 0.1) is 5.69 Å². The zero-order valence-corrected chi connectivity index (χ0v) is 11.7. The third-order valence-corrected chi connectivity index (χ3v) is 3.88. The number of benzene rings is 2. The molecule has 0 bridgehead atoms. The topological polar surface area (TPSA) is 29.3 Å². The fraction of sp³-hybridized carbons (Fsp3) is 0.188. The highest BCUT2D eigenvalue weighted by Gasteiger charge is 2.22. The Kier molecular flexibility index (Phi) is 2.99. The first-order valence-corrected chi connectivity index (χ1v) is 6.79. The summed E-state index contributed by atoms with van der Waals surface area (Å²) in [5.41, 5.74) is 12.0. The fourth-order valence-electron chi connectivity index (χ4n) is 2.77. The number of aryl methyl sites for hydroxylation is 1. The van der Waals surface area contributed by atoms with Crippen LogP contribution in [0.4, 0.5) is 5.69 Å². The Balaban J connectivity index is 2.04. The molecule has 0 spiro atoms. The number of para-hydroxylation sites is 1. The summed E-state index contributed by atoms with van der Waals surface area (Å²) in [6.45, 7) is 3.97. The molecular weight excluding hydrogens is 252 g/mol. The van der Waals surface area contributed by atoms with Gasteiger partial charge in [0.2, 0.25) is 0 Å². The molecule has 0 radical (unpaired) electrons. The Morgan fingerprint density at radius 1 is 1.05 bits per heavy atom. The first kappa shape index (κ1) is 12.2. The van der Waals surface area contributed by atoms with Gasteiger partial charge in [-0.1, -0.05) is 48.6 Å². The van der Waals surface area contributed by atoms with Crippen LogP contribution < -0.4 is 10.6 Å². The van der Waals surface area contributed by atoms with E-state index in [4.69, 9.17) is 18.0 Å². The van der Waals surface area contributed by atoms with Crippen molar-refractivity contribution in [2.75, 3.05) is 4.90 Å². The van der Waals surface area contributed by atoms with Gasteiger partial charge < -0.3 is 10.6 Å². The van der Waals surface area contributed by atoms with Gasteiger partial charge in [0.15, 0.2) is 0 Å². The van der Waals surface area contributed by atoms with Crippen molar-refractivity contribution in [1.29, 1.82) is 0 Å². The largest absolute Gasteiger partial charge is 0.389 e. The van der Waals surface area contributed by atoms with E-state index in [0.717, 1.165) is 18.7 Å². The predicted molar refractivity (Wildman–Crippen MR) is 83.4 cm³/mol. The van der Waals surface area contributed by atoms with Crippen LogP contribution in [0.15, 0.2) is 42.5 Å². The SMILES string of the molecule is Cc1cccc(C(N)=S)c1N1Cc2ccccc2C1. The highest BCUT2D eigenvalue weighted by molar-refractivity contribution is 7.80. The number of nitrogens with zero attached hydrogens (tertiary/aromatic N) is 1. The van der Waals surface area contributed by atoms with Crippen molar-refractivity contribution in [1.82, 2.24) is 0 Å². The van der Waals surface area contributed by atoms with Crippen LogP contribution in [-0.2, 0) is 13.1 Å². The standard InChI is InChI=1S/C16H16N2S/c1-11-5-4-8-14(16(17)19)15(11)18-9-12-6-2-3-7-13(12)10-18/h2-8H,9-10H2,1H3,(H2,17,19). The molecule has 19 heavy (non-hydrogen) atoms. The Morgan fingerprint density at radius 3 is 2.26 bits per heavy atom. The van der Waals surface area contributed by atoms with Gasteiger partial charge in [0, 0.05) is 18.7 Å². The molecule has 2 aromatic carbocycles. The first-order valence-electron chi connectivity index (χ1n) is 6.38. The Labute approximate surface area is 118 Å². The number of thiocarbonyl (C=S) groups is 1. The van der Waals surface area contributed by atoms with E-state index in [-0.39, 0.29) is 0 Å². The van der Waals surface area contributed by atoms with Gasteiger partial charge in [-0.25, -0.2) is 0 Å². The van der Waals surface area contributed by atoms with Crippen LogP contribution >= 0.6 is 12.2 Å². The number of hydrogen-bond acceptors (Lipinski definition) is 2.